The summed E-state index contributed by atoms with van der Waals surface area (Å²) in [5.74, 6) is 0. The molecular weight excluding hydrogens is 595 g/mol. The summed E-state index contributed by atoms with van der Waals surface area (Å²) >= 11 is 1.94. The zero-order valence-electron chi connectivity index (χ0n) is 25.5. The molecule has 0 bridgehead atoms. The van der Waals surface area contributed by atoms with Gasteiger partial charge in [0.1, 0.15) is 19.2 Å². The summed E-state index contributed by atoms with van der Waals surface area (Å²) in [5, 5.41) is 10.4. The normalized spacial score (nSPS) is 13.6. The van der Waals surface area contributed by atoms with Gasteiger partial charge in [-0.3, -0.25) is 0 Å². The summed E-state index contributed by atoms with van der Waals surface area (Å²) in [4.78, 5) is 2.38. The van der Waals surface area contributed by atoms with Gasteiger partial charge in [-0.15, -0.1) is 11.3 Å². The Balaban J connectivity index is 1.17. The van der Waals surface area contributed by atoms with Crippen molar-refractivity contribution in [3.8, 4) is 11.1 Å². The van der Waals surface area contributed by atoms with Crippen molar-refractivity contribution in [1.82, 2.24) is 0 Å². The summed E-state index contributed by atoms with van der Waals surface area (Å²) in [6, 6.07) is 51.0. The average Bonchev–Trinajstić information content (AvgIpc) is 3.73. The van der Waals surface area contributed by atoms with E-state index in [9.17, 15) is 0 Å². The number of para-hydroxylation sites is 1. The number of hydrogen-bond donors (Lipinski definition) is 0. The molecule has 0 unspecified atom stereocenters. The summed E-state index contributed by atoms with van der Waals surface area (Å²) in [6.45, 7) is 5.02. The Hall–Kier alpha value is -5.16. The van der Waals surface area contributed by atoms with Gasteiger partial charge in [-0.05, 0) is 75.4 Å². The minimum absolute atomic E-state index is 0.903. The molecule has 9 aromatic rings. The predicted octanol–water partition coefficient (Wildman–Crippen LogP) is 11.4. The van der Waals surface area contributed by atoms with Crippen molar-refractivity contribution in [3.05, 3.63) is 140 Å². The van der Waals surface area contributed by atoms with Crippen molar-refractivity contribution in [2.45, 2.75) is 13.1 Å². The van der Waals surface area contributed by atoms with Crippen LogP contribution in [0.15, 0.2) is 144 Å². The molecule has 10 rings (SSSR count). The Morgan fingerprint density at radius 1 is 0.543 bits per heavy atom. The van der Waals surface area contributed by atoms with Crippen molar-refractivity contribution in [3.63, 3.8) is 0 Å². The van der Waals surface area contributed by atoms with Crippen molar-refractivity contribution in [1.29, 1.82) is 0 Å². The molecule has 0 fully saturated rings. The van der Waals surface area contributed by atoms with Crippen LogP contribution >= 0.6 is 11.3 Å². The van der Waals surface area contributed by atoms with E-state index in [1.54, 1.807) is 5.19 Å². The summed E-state index contributed by atoms with van der Waals surface area (Å²) in [6.07, 6.45) is 0. The molecule has 0 aliphatic carbocycles. The van der Waals surface area contributed by atoms with Crippen LogP contribution < -0.4 is 15.3 Å². The van der Waals surface area contributed by atoms with E-state index in [4.69, 9.17) is 4.42 Å². The van der Waals surface area contributed by atoms with Crippen LogP contribution in [0.4, 0.5) is 17.1 Å². The molecular formula is C42H29NOSSi. The molecule has 0 amide bonds. The maximum absolute atomic E-state index is 6.62. The fourth-order valence-corrected chi connectivity index (χ4v) is 12.2. The van der Waals surface area contributed by atoms with Gasteiger partial charge >= 0.3 is 0 Å². The van der Waals surface area contributed by atoms with Gasteiger partial charge in [0.15, 0.2) is 0 Å². The first-order valence-corrected chi connectivity index (χ1v) is 19.7. The van der Waals surface area contributed by atoms with Gasteiger partial charge in [0.05, 0.1) is 0 Å². The fourth-order valence-electron chi connectivity index (χ4n) is 7.78. The molecule has 3 heterocycles. The molecule has 0 saturated heterocycles. The third kappa shape index (κ3) is 3.57. The number of hydrogen-bond acceptors (Lipinski definition) is 3. The molecule has 2 nitrogen and oxygen atoms in total. The Labute approximate surface area is 271 Å². The van der Waals surface area contributed by atoms with Crippen molar-refractivity contribution in [2.75, 3.05) is 4.90 Å². The lowest BCUT2D eigenvalue weighted by molar-refractivity contribution is 0.672. The Bertz CT molecular complexity index is 2680. The van der Waals surface area contributed by atoms with Gasteiger partial charge < -0.3 is 9.32 Å². The molecule has 2 aromatic heterocycles. The van der Waals surface area contributed by atoms with Crippen LogP contribution in [0.3, 0.4) is 0 Å². The number of nitrogens with zero attached hydrogens (tertiary/aromatic N) is 1. The summed E-state index contributed by atoms with van der Waals surface area (Å²) in [7, 11) is -1.96. The van der Waals surface area contributed by atoms with Gasteiger partial charge in [0.2, 0.25) is 0 Å². The first-order chi connectivity index (χ1) is 22.6. The van der Waals surface area contributed by atoms with Gasteiger partial charge in [0, 0.05) is 59.5 Å². The average molecular weight is 624 g/mol. The SMILES string of the molecule is C[Si]1(C)c2cc(N(c3ccccc3)c3ccc4c(c3)oc3c5ccccc5ccc43)ccc2-c2c1ccc1c2sc2ccccc21. The van der Waals surface area contributed by atoms with E-state index in [1.165, 1.54) is 47.6 Å². The van der Waals surface area contributed by atoms with Crippen molar-refractivity contribution >= 4 is 99.7 Å². The fraction of sp³-hybridized carbons (Fsp3) is 0.0476. The molecule has 1 aliphatic rings. The minimum atomic E-state index is -1.96. The van der Waals surface area contributed by atoms with Crippen LogP contribution in [0.2, 0.25) is 13.1 Å². The van der Waals surface area contributed by atoms with E-state index >= 15 is 0 Å². The number of benzene rings is 7. The minimum Gasteiger partial charge on any atom is -0.455 e. The van der Waals surface area contributed by atoms with E-state index in [0.717, 1.165) is 38.7 Å². The summed E-state index contributed by atoms with van der Waals surface area (Å²) in [5.41, 5.74) is 8.10. The van der Waals surface area contributed by atoms with Crippen LogP contribution in [0, 0.1) is 0 Å². The highest BCUT2D eigenvalue weighted by Crippen LogP contribution is 2.44. The van der Waals surface area contributed by atoms with Gasteiger partial charge in [-0.1, -0.05) is 98.0 Å². The number of anilines is 3. The maximum Gasteiger partial charge on any atom is 0.143 e. The second-order valence-electron chi connectivity index (χ2n) is 12.9. The second kappa shape index (κ2) is 9.43. The highest BCUT2D eigenvalue weighted by molar-refractivity contribution is 7.26. The van der Waals surface area contributed by atoms with Crippen LogP contribution in [-0.4, -0.2) is 8.07 Å². The molecule has 0 N–H and O–H groups in total. The molecule has 7 aromatic carbocycles. The molecule has 0 radical (unpaired) electrons. The zero-order valence-corrected chi connectivity index (χ0v) is 27.4. The number of fused-ring (bicyclic) bond motifs is 12. The zero-order chi connectivity index (χ0) is 30.6. The van der Waals surface area contributed by atoms with Gasteiger partial charge in [0.25, 0.3) is 0 Å². The first kappa shape index (κ1) is 26.1. The van der Waals surface area contributed by atoms with Crippen LogP contribution in [0.5, 0.6) is 0 Å². The lowest BCUT2D eigenvalue weighted by Gasteiger charge is -2.27. The van der Waals surface area contributed by atoms with E-state index in [2.05, 4.69) is 158 Å². The largest absolute Gasteiger partial charge is 0.455 e. The molecule has 0 atom stereocenters. The van der Waals surface area contributed by atoms with Crippen molar-refractivity contribution < 1.29 is 4.42 Å². The van der Waals surface area contributed by atoms with Crippen molar-refractivity contribution in [2.24, 2.45) is 0 Å². The lowest BCUT2D eigenvalue weighted by atomic mass is 10.0. The summed E-state index contributed by atoms with van der Waals surface area (Å²) < 4.78 is 9.41. The van der Waals surface area contributed by atoms with Crippen LogP contribution in [-0.2, 0) is 0 Å². The molecule has 46 heavy (non-hydrogen) atoms. The second-order valence-corrected chi connectivity index (χ2v) is 18.3. The number of rotatable bonds is 3. The standard InChI is InChI=1S/C42H29NOSSi/c1-46(2)38-23-22-34-32-14-8-9-15-37(32)45-42(34)40(38)35-21-18-29(25-39(35)46)43(27-11-4-3-5-12-27)28-17-20-31-33-19-16-26-10-6-7-13-30(26)41(33)44-36(31)24-28/h3-25H,1-2H3. The van der Waals surface area contributed by atoms with E-state index < -0.39 is 8.07 Å². The lowest BCUT2D eigenvalue weighted by Crippen LogP contribution is -2.49. The predicted molar refractivity (Wildman–Crippen MR) is 201 cm³/mol. The van der Waals surface area contributed by atoms with Gasteiger partial charge in [-0.25, -0.2) is 0 Å². The Kier molecular flexibility index (Phi) is 5.35. The third-order valence-electron chi connectivity index (χ3n) is 10.0. The Morgan fingerprint density at radius 2 is 1.26 bits per heavy atom. The Morgan fingerprint density at radius 3 is 2.15 bits per heavy atom. The highest BCUT2D eigenvalue weighted by Gasteiger charge is 2.39. The maximum atomic E-state index is 6.62. The molecule has 218 valence electrons. The highest BCUT2D eigenvalue weighted by atomic mass is 32.1. The smallest absolute Gasteiger partial charge is 0.143 e. The number of thiophene rings is 1. The molecule has 0 saturated carbocycles. The monoisotopic (exact) mass is 623 g/mol. The molecule has 0 spiro atoms. The quantitative estimate of drug-likeness (QED) is 0.182. The molecule has 1 aliphatic heterocycles. The topological polar surface area (TPSA) is 16.4 Å². The van der Waals surface area contributed by atoms with E-state index in [-0.39, 0.29) is 0 Å². The van der Waals surface area contributed by atoms with E-state index in [0.29, 0.717) is 0 Å². The first-order valence-electron chi connectivity index (χ1n) is 15.9. The van der Waals surface area contributed by atoms with Crippen LogP contribution in [0.1, 0.15) is 0 Å². The number of furan rings is 1. The van der Waals surface area contributed by atoms with Crippen LogP contribution in [0.25, 0.3) is 64.0 Å². The third-order valence-corrected chi connectivity index (χ3v) is 14.8. The molecule has 4 heteroatoms. The van der Waals surface area contributed by atoms with E-state index in [1.807, 2.05) is 11.3 Å². The van der Waals surface area contributed by atoms with Gasteiger partial charge in [-0.2, -0.15) is 0 Å².